The number of hydrogen-bond acceptors (Lipinski definition) is 4. The second-order valence-corrected chi connectivity index (χ2v) is 8.04. The summed E-state index contributed by atoms with van der Waals surface area (Å²) in [5, 5.41) is 8.34. The zero-order valence-corrected chi connectivity index (χ0v) is 15.1. The van der Waals surface area contributed by atoms with Gasteiger partial charge in [0.1, 0.15) is 0 Å². The van der Waals surface area contributed by atoms with E-state index in [-0.39, 0.29) is 11.3 Å². The summed E-state index contributed by atoms with van der Waals surface area (Å²) >= 11 is 1.78. The number of H-pyrrole nitrogens is 1. The lowest BCUT2D eigenvalue weighted by Gasteiger charge is -2.38. The largest absolute Gasteiger partial charge is 0.342 e. The van der Waals surface area contributed by atoms with Crippen LogP contribution in [0.4, 0.5) is 0 Å². The number of nitrogens with zero attached hydrogens (tertiary/aromatic N) is 3. The lowest BCUT2D eigenvalue weighted by Crippen LogP contribution is -2.44. The number of nitrogens with one attached hydrogen (secondary N) is 1. The van der Waals surface area contributed by atoms with E-state index in [0.717, 1.165) is 42.9 Å². The average molecular weight is 332 g/mol. The molecule has 1 fully saturated rings. The number of aromatic nitrogens is 3. The fraction of sp³-hybridized carbons (Fsp3) is 0.588. The molecule has 6 heteroatoms. The Morgan fingerprint density at radius 2 is 2.04 bits per heavy atom. The van der Waals surface area contributed by atoms with Gasteiger partial charge in [-0.2, -0.15) is 5.10 Å². The first-order valence-corrected chi connectivity index (χ1v) is 8.92. The Morgan fingerprint density at radius 3 is 2.57 bits per heavy atom. The van der Waals surface area contributed by atoms with Gasteiger partial charge in [-0.25, -0.2) is 4.98 Å². The van der Waals surface area contributed by atoms with Crippen LogP contribution in [0.15, 0.2) is 6.20 Å². The number of amides is 1. The van der Waals surface area contributed by atoms with Crippen LogP contribution in [-0.2, 0) is 16.6 Å². The first kappa shape index (κ1) is 16.2. The van der Waals surface area contributed by atoms with Crippen molar-refractivity contribution in [1.82, 2.24) is 20.1 Å². The number of carbonyl (C=O) groups is 1. The van der Waals surface area contributed by atoms with Crippen molar-refractivity contribution in [1.29, 1.82) is 0 Å². The summed E-state index contributed by atoms with van der Waals surface area (Å²) in [6, 6.07) is 0. The van der Waals surface area contributed by atoms with Crippen LogP contribution in [0.2, 0.25) is 0 Å². The molecule has 5 nitrogen and oxygen atoms in total. The van der Waals surface area contributed by atoms with Crippen molar-refractivity contribution in [2.24, 2.45) is 0 Å². The third-order valence-electron chi connectivity index (χ3n) is 4.97. The molecule has 0 aromatic carbocycles. The fourth-order valence-electron chi connectivity index (χ4n) is 3.19. The predicted octanol–water partition coefficient (Wildman–Crippen LogP) is 2.91. The van der Waals surface area contributed by atoms with E-state index in [1.165, 1.54) is 9.88 Å². The number of thiazole rings is 1. The Kier molecular flexibility index (Phi) is 4.27. The number of likely N-dealkylation sites (tertiary alicyclic amines) is 1. The second kappa shape index (κ2) is 6.07. The van der Waals surface area contributed by atoms with Gasteiger partial charge in [0.15, 0.2) is 0 Å². The van der Waals surface area contributed by atoms with Gasteiger partial charge in [0.2, 0.25) is 5.91 Å². The first-order chi connectivity index (χ1) is 10.9. The summed E-state index contributed by atoms with van der Waals surface area (Å²) in [6.07, 6.45) is 4.36. The van der Waals surface area contributed by atoms with E-state index in [2.05, 4.69) is 29.0 Å². The molecule has 1 N–H and O–H groups in total. The highest BCUT2D eigenvalue weighted by Crippen LogP contribution is 2.37. The summed E-state index contributed by atoms with van der Waals surface area (Å²) in [4.78, 5) is 20.4. The fourth-order valence-corrected chi connectivity index (χ4v) is 4.16. The van der Waals surface area contributed by atoms with Gasteiger partial charge in [0.05, 0.1) is 17.1 Å². The number of piperidine rings is 1. The molecule has 1 amide bonds. The molecule has 1 aliphatic heterocycles. The lowest BCUT2D eigenvalue weighted by molar-refractivity contribution is -0.132. The van der Waals surface area contributed by atoms with Crippen molar-refractivity contribution < 1.29 is 4.79 Å². The van der Waals surface area contributed by atoms with Crippen molar-refractivity contribution >= 4 is 17.2 Å². The average Bonchev–Trinajstić information content (AvgIpc) is 3.09. The zero-order valence-electron chi connectivity index (χ0n) is 14.3. The van der Waals surface area contributed by atoms with Crippen LogP contribution in [0.3, 0.4) is 0 Å². The smallest absolute Gasteiger partial charge is 0.227 e. The van der Waals surface area contributed by atoms with Crippen molar-refractivity contribution in [3.05, 3.63) is 33.0 Å². The maximum Gasteiger partial charge on any atom is 0.227 e. The third kappa shape index (κ3) is 3.17. The highest BCUT2D eigenvalue weighted by Gasteiger charge is 2.35. The molecule has 0 saturated carbocycles. The molecule has 0 atom stereocenters. The molecular formula is C17H24N4OS. The van der Waals surface area contributed by atoms with Crippen LogP contribution in [0.25, 0.3) is 0 Å². The Bertz CT molecular complexity index is 691. The summed E-state index contributed by atoms with van der Waals surface area (Å²) in [6.45, 7) is 9.91. The Morgan fingerprint density at radius 1 is 1.35 bits per heavy atom. The van der Waals surface area contributed by atoms with Crippen molar-refractivity contribution in [3.63, 3.8) is 0 Å². The molecule has 0 unspecified atom stereocenters. The topological polar surface area (TPSA) is 61.9 Å². The minimum absolute atomic E-state index is 0.108. The number of aryl methyl sites for hydroxylation is 3. The predicted molar refractivity (Wildman–Crippen MR) is 91.8 cm³/mol. The van der Waals surface area contributed by atoms with Crippen LogP contribution < -0.4 is 0 Å². The summed E-state index contributed by atoms with van der Waals surface area (Å²) in [5.41, 5.74) is 3.07. The van der Waals surface area contributed by atoms with E-state index >= 15 is 0 Å². The van der Waals surface area contributed by atoms with Crippen LogP contribution in [-0.4, -0.2) is 39.1 Å². The Hall–Kier alpha value is -1.69. The van der Waals surface area contributed by atoms with E-state index in [9.17, 15) is 4.79 Å². The van der Waals surface area contributed by atoms with Gasteiger partial charge in [0.25, 0.3) is 0 Å². The molecule has 2 aromatic rings. The van der Waals surface area contributed by atoms with E-state index in [0.29, 0.717) is 6.42 Å². The Labute approximate surface area is 141 Å². The van der Waals surface area contributed by atoms with Crippen LogP contribution in [0.5, 0.6) is 0 Å². The summed E-state index contributed by atoms with van der Waals surface area (Å²) < 4.78 is 0. The zero-order chi connectivity index (χ0) is 16.6. The molecule has 1 saturated heterocycles. The molecule has 3 rings (SSSR count). The molecule has 0 radical (unpaired) electrons. The molecule has 3 heterocycles. The number of hydrogen-bond donors (Lipinski definition) is 1. The summed E-state index contributed by atoms with van der Waals surface area (Å²) in [7, 11) is 0. The third-order valence-corrected chi connectivity index (χ3v) is 6.18. The lowest BCUT2D eigenvalue weighted by atomic mass is 9.81. The molecule has 0 aliphatic carbocycles. The highest BCUT2D eigenvalue weighted by atomic mass is 32.1. The van der Waals surface area contributed by atoms with Crippen molar-refractivity contribution in [2.45, 2.75) is 52.4 Å². The minimum atomic E-state index is 0.108. The van der Waals surface area contributed by atoms with Crippen LogP contribution in [0.1, 0.15) is 46.6 Å². The van der Waals surface area contributed by atoms with Gasteiger partial charge in [-0.1, -0.05) is 6.92 Å². The quantitative estimate of drug-likeness (QED) is 0.940. The van der Waals surface area contributed by atoms with Crippen molar-refractivity contribution in [2.75, 3.05) is 13.1 Å². The molecule has 0 spiro atoms. The van der Waals surface area contributed by atoms with Gasteiger partial charge >= 0.3 is 0 Å². The highest BCUT2D eigenvalue weighted by molar-refractivity contribution is 7.11. The molecule has 2 aromatic heterocycles. The van der Waals surface area contributed by atoms with Gasteiger partial charge < -0.3 is 4.90 Å². The van der Waals surface area contributed by atoms with Gasteiger partial charge in [-0.3, -0.25) is 9.89 Å². The summed E-state index contributed by atoms with van der Waals surface area (Å²) in [5.74, 6) is 0.204. The first-order valence-electron chi connectivity index (χ1n) is 8.10. The molecule has 1 aliphatic rings. The van der Waals surface area contributed by atoms with E-state index < -0.39 is 0 Å². The van der Waals surface area contributed by atoms with Gasteiger partial charge in [0, 0.05) is 40.8 Å². The normalized spacial score (nSPS) is 17.5. The molecule has 0 bridgehead atoms. The monoisotopic (exact) mass is 332 g/mol. The maximum atomic E-state index is 12.6. The number of rotatable bonds is 3. The van der Waals surface area contributed by atoms with Crippen LogP contribution >= 0.6 is 11.3 Å². The van der Waals surface area contributed by atoms with Gasteiger partial charge in [-0.05, 0) is 33.6 Å². The van der Waals surface area contributed by atoms with E-state index in [1.807, 2.05) is 24.9 Å². The maximum absolute atomic E-state index is 12.6. The molecular weight excluding hydrogens is 308 g/mol. The van der Waals surface area contributed by atoms with Crippen molar-refractivity contribution in [3.8, 4) is 0 Å². The molecule has 23 heavy (non-hydrogen) atoms. The number of carbonyl (C=O) groups excluding carboxylic acids is 1. The number of aromatic amines is 1. The van der Waals surface area contributed by atoms with Crippen LogP contribution in [0, 0.1) is 20.8 Å². The minimum Gasteiger partial charge on any atom is -0.342 e. The van der Waals surface area contributed by atoms with E-state index in [1.54, 1.807) is 11.3 Å². The van der Waals surface area contributed by atoms with Gasteiger partial charge in [-0.15, -0.1) is 11.3 Å². The standard InChI is InChI=1S/C17H24N4OS/c1-11-10-18-16(23-11)17(4)5-7-21(8-6-17)15(22)9-14-12(2)19-20-13(14)3/h10H,5-9H2,1-4H3,(H,19,20). The second-order valence-electron chi connectivity index (χ2n) is 6.81. The SMILES string of the molecule is Cc1cnc(C2(C)CCN(C(=O)Cc3c(C)n[nH]c3C)CC2)s1. The van der Waals surface area contributed by atoms with E-state index in [4.69, 9.17) is 0 Å². The Balaban J connectivity index is 1.63. The molecule has 124 valence electrons.